The highest BCUT2D eigenvalue weighted by Crippen LogP contribution is 2.34. The van der Waals surface area contributed by atoms with Gasteiger partial charge in [0, 0.05) is 32.2 Å². The zero-order chi connectivity index (χ0) is 35.0. The van der Waals surface area contributed by atoms with Gasteiger partial charge in [-0.3, -0.25) is 0 Å². The Bertz CT molecular complexity index is 1610. The normalized spacial score (nSPS) is 25.2. The molecule has 0 bridgehead atoms. The van der Waals surface area contributed by atoms with Crippen LogP contribution in [0.5, 0.6) is 11.5 Å². The SMILES string of the molecule is COc1ccc2c(c1)OCCCCCCN(S(C)(=O)=O)CCN(C[C@@H](O)[C@H](Cc1ccccc1)NC(=O)O[C@H]1CO[C@H]3OCC[C@H]31)S2(=O)=O. The first-order chi connectivity index (χ1) is 23.5. The number of aliphatic hydroxyl groups is 1. The van der Waals surface area contributed by atoms with Crippen LogP contribution in [-0.2, 0) is 40.7 Å². The summed E-state index contributed by atoms with van der Waals surface area (Å²) in [4.78, 5) is 13.1. The first-order valence-electron chi connectivity index (χ1n) is 16.6. The van der Waals surface area contributed by atoms with E-state index in [9.17, 15) is 26.7 Å². The molecule has 0 radical (unpaired) electrons. The Balaban J connectivity index is 1.43. The van der Waals surface area contributed by atoms with E-state index in [0.29, 0.717) is 31.6 Å². The second-order valence-electron chi connectivity index (χ2n) is 12.6. The topological polar surface area (TPSA) is 170 Å². The Labute approximate surface area is 288 Å². The van der Waals surface area contributed by atoms with Gasteiger partial charge in [0.15, 0.2) is 6.29 Å². The molecule has 2 aromatic carbocycles. The zero-order valence-electron chi connectivity index (χ0n) is 27.9. The third kappa shape index (κ3) is 9.84. The van der Waals surface area contributed by atoms with E-state index in [0.717, 1.165) is 29.0 Å². The van der Waals surface area contributed by atoms with E-state index >= 15 is 0 Å². The molecule has 3 heterocycles. The summed E-state index contributed by atoms with van der Waals surface area (Å²) < 4.78 is 84.7. The van der Waals surface area contributed by atoms with Crippen LogP contribution in [0.15, 0.2) is 53.4 Å². The highest BCUT2D eigenvalue weighted by Gasteiger charge is 2.44. The monoisotopic (exact) mass is 725 g/mol. The number of alkyl carbamates (subject to hydrolysis) is 1. The maximum Gasteiger partial charge on any atom is 0.407 e. The Hall–Kier alpha value is -2.99. The van der Waals surface area contributed by atoms with Crippen LogP contribution in [0, 0.1) is 5.92 Å². The van der Waals surface area contributed by atoms with Crippen LogP contribution in [-0.4, -0.2) is 121 Å². The van der Waals surface area contributed by atoms with Crippen LogP contribution in [0.4, 0.5) is 4.79 Å². The highest BCUT2D eigenvalue weighted by molar-refractivity contribution is 7.89. The molecule has 2 fully saturated rings. The largest absolute Gasteiger partial charge is 0.497 e. The van der Waals surface area contributed by atoms with Crippen LogP contribution in [0.2, 0.25) is 0 Å². The average molecular weight is 726 g/mol. The summed E-state index contributed by atoms with van der Waals surface area (Å²) in [6.45, 7) is 0.308. The predicted molar refractivity (Wildman–Crippen MR) is 179 cm³/mol. The molecule has 0 aliphatic carbocycles. The maximum atomic E-state index is 14.4. The molecule has 2 saturated heterocycles. The van der Waals surface area contributed by atoms with Gasteiger partial charge in [-0.25, -0.2) is 25.9 Å². The van der Waals surface area contributed by atoms with Crippen LogP contribution >= 0.6 is 0 Å². The standard InChI is InChI=1S/C33H47N3O11S2/c1-43-25-12-13-31-29(21-25)44-18-9-4-3-8-15-35(48(2,39)40)16-17-36(49(31,41)42)22-28(37)27(20-24-10-6-5-7-11-24)34-33(38)47-30-23-46-32-26(30)14-19-45-32/h5-7,10-13,21,26-28,30,32,37H,3-4,8-9,14-20,22-23H2,1-2H3,(H,34,38)/t26-,27-,28+,30-,32+/m0/s1. The predicted octanol–water partition coefficient (Wildman–Crippen LogP) is 2.36. The van der Waals surface area contributed by atoms with Gasteiger partial charge >= 0.3 is 6.09 Å². The summed E-state index contributed by atoms with van der Waals surface area (Å²) in [5.74, 6) is 0.396. The van der Waals surface area contributed by atoms with Gasteiger partial charge in [-0.15, -0.1) is 0 Å². The van der Waals surface area contributed by atoms with Crippen molar-refractivity contribution in [3.63, 3.8) is 0 Å². The number of fused-ring (bicyclic) bond motifs is 2. The smallest absolute Gasteiger partial charge is 0.407 e. The van der Waals surface area contributed by atoms with E-state index in [1.54, 1.807) is 0 Å². The molecule has 1 amide bonds. The number of β-amino-alcohol motifs (C(OH)–C–C–N with tert-alkyl or cyclic N) is 1. The van der Waals surface area contributed by atoms with Crippen molar-refractivity contribution in [3.8, 4) is 11.5 Å². The van der Waals surface area contributed by atoms with Crippen molar-refractivity contribution >= 4 is 26.1 Å². The number of ether oxygens (including phenoxy) is 5. The quantitative estimate of drug-likeness (QED) is 0.389. The van der Waals surface area contributed by atoms with Crippen LogP contribution in [0.1, 0.15) is 37.7 Å². The molecule has 49 heavy (non-hydrogen) atoms. The van der Waals surface area contributed by atoms with Crippen molar-refractivity contribution in [2.24, 2.45) is 5.92 Å². The van der Waals surface area contributed by atoms with Gasteiger partial charge in [0.25, 0.3) is 0 Å². The molecule has 0 spiro atoms. The van der Waals surface area contributed by atoms with Crippen molar-refractivity contribution in [3.05, 3.63) is 54.1 Å². The summed E-state index contributed by atoms with van der Waals surface area (Å²) >= 11 is 0. The van der Waals surface area contributed by atoms with Gasteiger partial charge in [-0.2, -0.15) is 4.31 Å². The van der Waals surface area contributed by atoms with E-state index < -0.39 is 57.2 Å². The number of methoxy groups -OCH3 is 1. The molecule has 5 rings (SSSR count). The minimum atomic E-state index is -4.39. The van der Waals surface area contributed by atoms with Crippen molar-refractivity contribution in [2.75, 3.05) is 59.4 Å². The third-order valence-electron chi connectivity index (χ3n) is 9.10. The lowest BCUT2D eigenvalue weighted by Gasteiger charge is -2.31. The average Bonchev–Trinajstić information content (AvgIpc) is 3.69. The first kappa shape index (κ1) is 37.3. The molecular formula is C33H47N3O11S2. The van der Waals surface area contributed by atoms with E-state index in [1.807, 2.05) is 30.3 Å². The van der Waals surface area contributed by atoms with Gasteiger partial charge in [0.1, 0.15) is 22.5 Å². The summed E-state index contributed by atoms with van der Waals surface area (Å²) in [6.07, 6.45) is 1.57. The Kier molecular flexibility index (Phi) is 12.8. The molecule has 3 aliphatic heterocycles. The number of nitrogens with one attached hydrogen (secondary N) is 1. The molecule has 2 aromatic rings. The minimum absolute atomic E-state index is 0.0892. The molecule has 2 N–H and O–H groups in total. The number of benzene rings is 2. The fourth-order valence-corrected chi connectivity index (χ4v) is 8.78. The molecule has 0 saturated carbocycles. The summed E-state index contributed by atoms with van der Waals surface area (Å²) in [7, 11) is -6.59. The number of amides is 1. The molecule has 16 heteroatoms. The lowest BCUT2D eigenvalue weighted by molar-refractivity contribution is -0.0907. The van der Waals surface area contributed by atoms with E-state index in [4.69, 9.17) is 23.7 Å². The van der Waals surface area contributed by atoms with Crippen molar-refractivity contribution in [1.82, 2.24) is 13.9 Å². The van der Waals surface area contributed by atoms with Gasteiger partial charge in [-0.05, 0) is 43.4 Å². The van der Waals surface area contributed by atoms with Crippen LogP contribution < -0.4 is 14.8 Å². The van der Waals surface area contributed by atoms with Gasteiger partial charge in [0.2, 0.25) is 20.0 Å². The number of carbonyl (C=O) groups is 1. The fraction of sp³-hybridized carbons (Fsp3) is 0.606. The summed E-state index contributed by atoms with van der Waals surface area (Å²) in [6, 6.07) is 12.6. The van der Waals surface area contributed by atoms with Crippen molar-refractivity contribution < 1.29 is 50.4 Å². The molecular weight excluding hydrogens is 679 g/mol. The second-order valence-corrected chi connectivity index (χ2v) is 16.5. The van der Waals surface area contributed by atoms with Gasteiger partial charge < -0.3 is 34.1 Å². The summed E-state index contributed by atoms with van der Waals surface area (Å²) in [5.41, 5.74) is 0.790. The van der Waals surface area contributed by atoms with E-state index in [-0.39, 0.29) is 55.8 Å². The van der Waals surface area contributed by atoms with E-state index in [1.165, 1.54) is 29.6 Å². The minimum Gasteiger partial charge on any atom is -0.497 e. The lowest BCUT2D eigenvalue weighted by Crippen LogP contribution is -2.52. The Morgan fingerprint density at radius 1 is 1.04 bits per heavy atom. The number of rotatable bonds is 9. The number of hydrogen-bond acceptors (Lipinski definition) is 11. The van der Waals surface area contributed by atoms with Gasteiger partial charge in [0.05, 0.1) is 51.2 Å². The Morgan fingerprint density at radius 3 is 2.57 bits per heavy atom. The van der Waals surface area contributed by atoms with E-state index in [2.05, 4.69) is 5.32 Å². The lowest BCUT2D eigenvalue weighted by atomic mass is 10.0. The first-order valence-corrected chi connectivity index (χ1v) is 19.9. The maximum absolute atomic E-state index is 14.4. The highest BCUT2D eigenvalue weighted by atomic mass is 32.2. The number of hydrogen-bond donors (Lipinski definition) is 2. The van der Waals surface area contributed by atoms with Crippen LogP contribution in [0.3, 0.4) is 0 Å². The fourth-order valence-electron chi connectivity index (χ4n) is 6.34. The third-order valence-corrected chi connectivity index (χ3v) is 12.3. The molecule has 3 aliphatic rings. The number of aliphatic hydroxyl groups excluding tert-OH is 1. The molecule has 272 valence electrons. The van der Waals surface area contributed by atoms with Gasteiger partial charge in [-0.1, -0.05) is 43.2 Å². The molecule has 0 aromatic heterocycles. The number of nitrogens with zero attached hydrogens (tertiary/aromatic N) is 2. The number of sulfonamides is 2. The Morgan fingerprint density at radius 2 is 1.82 bits per heavy atom. The zero-order valence-corrected chi connectivity index (χ0v) is 29.6. The molecule has 5 atom stereocenters. The van der Waals surface area contributed by atoms with Crippen LogP contribution in [0.25, 0.3) is 0 Å². The second kappa shape index (κ2) is 16.8. The molecule has 14 nitrogen and oxygen atoms in total. The van der Waals surface area contributed by atoms with Crippen molar-refractivity contribution in [2.45, 2.75) is 68.0 Å². The van der Waals surface area contributed by atoms with Crippen molar-refractivity contribution in [1.29, 1.82) is 0 Å². The molecule has 0 unspecified atom stereocenters. The summed E-state index contributed by atoms with van der Waals surface area (Å²) in [5, 5.41) is 14.5. The number of carbonyl (C=O) groups excluding carboxylic acids is 1.